The van der Waals surface area contributed by atoms with E-state index in [1.807, 2.05) is 25.1 Å². The molecule has 1 aromatic rings. The van der Waals surface area contributed by atoms with Gasteiger partial charge in [-0.1, -0.05) is 18.2 Å². The largest absolute Gasteiger partial charge is 0.375 e. The van der Waals surface area contributed by atoms with Gasteiger partial charge in [0.15, 0.2) is 0 Å². The Kier molecular flexibility index (Phi) is 4.69. The summed E-state index contributed by atoms with van der Waals surface area (Å²) in [6.45, 7) is 4.43. The first kappa shape index (κ1) is 16.9. The zero-order valence-corrected chi connectivity index (χ0v) is 14.9. The van der Waals surface area contributed by atoms with Crippen LogP contribution in [0.25, 0.3) is 0 Å². The van der Waals surface area contributed by atoms with E-state index in [1.165, 1.54) is 0 Å². The van der Waals surface area contributed by atoms with Gasteiger partial charge in [-0.05, 0) is 51.2 Å². The van der Waals surface area contributed by atoms with Crippen LogP contribution in [0.4, 0.5) is 5.69 Å². The fourth-order valence-corrected chi connectivity index (χ4v) is 4.72. The van der Waals surface area contributed by atoms with Crippen LogP contribution in [-0.4, -0.2) is 49.5 Å². The van der Waals surface area contributed by atoms with E-state index < -0.39 is 0 Å². The summed E-state index contributed by atoms with van der Waals surface area (Å²) in [6, 6.07) is 10.2. The summed E-state index contributed by atoms with van der Waals surface area (Å²) in [5, 5.41) is 3.29. The number of ether oxygens (including phenoxy) is 2. The number of carbonyl (C=O) groups is 1. The van der Waals surface area contributed by atoms with E-state index in [-0.39, 0.29) is 29.7 Å². The number of amides is 1. The second-order valence-corrected chi connectivity index (χ2v) is 7.33. The van der Waals surface area contributed by atoms with Crippen LogP contribution in [0.5, 0.6) is 0 Å². The third-order valence-electron chi connectivity index (χ3n) is 5.99. The van der Waals surface area contributed by atoms with E-state index in [9.17, 15) is 4.79 Å². The maximum absolute atomic E-state index is 13.0. The second-order valence-electron chi connectivity index (χ2n) is 7.33. The van der Waals surface area contributed by atoms with Crippen LogP contribution in [0.15, 0.2) is 30.3 Å². The van der Waals surface area contributed by atoms with E-state index in [0.717, 1.165) is 50.9 Å². The minimum atomic E-state index is -0.290. The van der Waals surface area contributed by atoms with Gasteiger partial charge in [0.2, 0.25) is 5.91 Å². The molecule has 5 heteroatoms. The van der Waals surface area contributed by atoms with E-state index >= 15 is 0 Å². The fourth-order valence-electron chi connectivity index (χ4n) is 4.72. The molecule has 4 atom stereocenters. The SMILES string of the molecule is CCOC1CC(NC(=O)C2CCCN2c2ccccc2)C12CCCO2. The molecule has 136 valence electrons. The fraction of sp³-hybridized carbons (Fsp3) is 0.650. The number of para-hydroxylation sites is 1. The highest BCUT2D eigenvalue weighted by Crippen LogP contribution is 2.45. The number of hydrogen-bond acceptors (Lipinski definition) is 4. The van der Waals surface area contributed by atoms with Crippen molar-refractivity contribution in [3.05, 3.63) is 30.3 Å². The average Bonchev–Trinajstić information content (AvgIpc) is 3.32. The molecule has 0 aromatic heterocycles. The third-order valence-corrected chi connectivity index (χ3v) is 5.99. The molecule has 25 heavy (non-hydrogen) atoms. The average molecular weight is 344 g/mol. The van der Waals surface area contributed by atoms with Gasteiger partial charge in [0.1, 0.15) is 11.6 Å². The van der Waals surface area contributed by atoms with E-state index in [4.69, 9.17) is 9.47 Å². The van der Waals surface area contributed by atoms with Crippen molar-refractivity contribution in [2.24, 2.45) is 0 Å². The van der Waals surface area contributed by atoms with Crippen LogP contribution < -0.4 is 10.2 Å². The van der Waals surface area contributed by atoms with Gasteiger partial charge in [-0.25, -0.2) is 0 Å². The van der Waals surface area contributed by atoms with Crippen LogP contribution in [0.2, 0.25) is 0 Å². The summed E-state index contributed by atoms with van der Waals surface area (Å²) < 4.78 is 11.9. The molecule has 3 aliphatic rings. The second kappa shape index (κ2) is 6.96. The highest BCUT2D eigenvalue weighted by molar-refractivity contribution is 5.86. The molecule has 2 saturated heterocycles. The maximum atomic E-state index is 13.0. The van der Waals surface area contributed by atoms with Gasteiger partial charge < -0.3 is 19.7 Å². The smallest absolute Gasteiger partial charge is 0.243 e. The molecule has 4 rings (SSSR count). The van der Waals surface area contributed by atoms with Crippen molar-refractivity contribution < 1.29 is 14.3 Å². The van der Waals surface area contributed by atoms with E-state index in [0.29, 0.717) is 6.61 Å². The first-order valence-electron chi connectivity index (χ1n) is 9.62. The maximum Gasteiger partial charge on any atom is 0.243 e. The third kappa shape index (κ3) is 2.93. The van der Waals surface area contributed by atoms with Crippen molar-refractivity contribution in [1.29, 1.82) is 0 Å². The number of benzene rings is 1. The van der Waals surface area contributed by atoms with Crippen molar-refractivity contribution in [3.8, 4) is 0 Å². The Morgan fingerprint density at radius 3 is 2.92 bits per heavy atom. The molecule has 1 spiro atoms. The highest BCUT2D eigenvalue weighted by atomic mass is 16.6. The predicted molar refractivity (Wildman–Crippen MR) is 96.7 cm³/mol. The number of anilines is 1. The number of nitrogens with one attached hydrogen (secondary N) is 1. The van der Waals surface area contributed by atoms with E-state index in [2.05, 4.69) is 22.3 Å². The first-order chi connectivity index (χ1) is 12.2. The Morgan fingerprint density at radius 2 is 2.20 bits per heavy atom. The Bertz CT molecular complexity index is 600. The monoisotopic (exact) mass is 344 g/mol. The molecular weight excluding hydrogens is 316 g/mol. The summed E-state index contributed by atoms with van der Waals surface area (Å²) in [6.07, 6.45) is 4.99. The van der Waals surface area contributed by atoms with Crippen LogP contribution in [-0.2, 0) is 14.3 Å². The lowest BCUT2D eigenvalue weighted by Gasteiger charge is -2.52. The minimum absolute atomic E-state index is 0.0769. The molecule has 0 radical (unpaired) electrons. The lowest BCUT2D eigenvalue weighted by Crippen LogP contribution is -2.70. The molecule has 2 aliphatic heterocycles. The van der Waals surface area contributed by atoms with Gasteiger partial charge >= 0.3 is 0 Å². The molecule has 4 unspecified atom stereocenters. The van der Waals surface area contributed by atoms with Crippen LogP contribution in [0.3, 0.4) is 0 Å². The molecule has 1 amide bonds. The Labute approximate surface area is 149 Å². The van der Waals surface area contributed by atoms with Crippen molar-refractivity contribution in [3.63, 3.8) is 0 Å². The summed E-state index contributed by atoms with van der Waals surface area (Å²) in [4.78, 5) is 15.2. The summed E-state index contributed by atoms with van der Waals surface area (Å²) >= 11 is 0. The van der Waals surface area contributed by atoms with Gasteiger partial charge in [0, 0.05) is 25.4 Å². The lowest BCUT2D eigenvalue weighted by atomic mass is 9.70. The van der Waals surface area contributed by atoms with Gasteiger partial charge in [-0.3, -0.25) is 4.79 Å². The predicted octanol–water partition coefficient (Wildman–Crippen LogP) is 2.50. The number of hydrogen-bond donors (Lipinski definition) is 1. The molecule has 1 aromatic carbocycles. The normalized spacial score (nSPS) is 34.3. The summed E-state index contributed by atoms with van der Waals surface area (Å²) in [5.74, 6) is 0.135. The number of rotatable bonds is 5. The lowest BCUT2D eigenvalue weighted by molar-refractivity contribution is -0.198. The van der Waals surface area contributed by atoms with Gasteiger partial charge in [0.25, 0.3) is 0 Å². The van der Waals surface area contributed by atoms with Crippen molar-refractivity contribution in [2.45, 2.75) is 62.8 Å². The minimum Gasteiger partial charge on any atom is -0.375 e. The number of nitrogens with zero attached hydrogens (tertiary/aromatic N) is 1. The van der Waals surface area contributed by atoms with Crippen LogP contribution in [0, 0.1) is 0 Å². The molecule has 0 bridgehead atoms. The molecular formula is C20H28N2O3. The van der Waals surface area contributed by atoms with Gasteiger partial charge in [-0.15, -0.1) is 0 Å². The summed E-state index contributed by atoms with van der Waals surface area (Å²) in [5.41, 5.74) is 0.842. The highest BCUT2D eigenvalue weighted by Gasteiger charge is 2.59. The van der Waals surface area contributed by atoms with Crippen molar-refractivity contribution in [1.82, 2.24) is 5.32 Å². The molecule has 1 N–H and O–H groups in total. The quantitative estimate of drug-likeness (QED) is 0.892. The van der Waals surface area contributed by atoms with Gasteiger partial charge in [0.05, 0.1) is 12.1 Å². The molecule has 5 nitrogen and oxygen atoms in total. The van der Waals surface area contributed by atoms with Crippen LogP contribution in [0.1, 0.15) is 39.0 Å². The Hall–Kier alpha value is -1.59. The zero-order valence-electron chi connectivity index (χ0n) is 14.9. The topological polar surface area (TPSA) is 50.8 Å². The number of carbonyl (C=O) groups excluding carboxylic acids is 1. The summed E-state index contributed by atoms with van der Waals surface area (Å²) in [7, 11) is 0. The Morgan fingerprint density at radius 1 is 1.36 bits per heavy atom. The van der Waals surface area contributed by atoms with Crippen molar-refractivity contribution >= 4 is 11.6 Å². The molecule has 2 heterocycles. The molecule has 1 aliphatic carbocycles. The van der Waals surface area contributed by atoms with Crippen molar-refractivity contribution in [2.75, 3.05) is 24.7 Å². The molecule has 1 saturated carbocycles. The Balaban J connectivity index is 1.43. The zero-order chi connectivity index (χ0) is 17.3. The van der Waals surface area contributed by atoms with Crippen LogP contribution >= 0.6 is 0 Å². The van der Waals surface area contributed by atoms with Gasteiger partial charge in [-0.2, -0.15) is 0 Å². The molecule has 3 fully saturated rings. The first-order valence-corrected chi connectivity index (χ1v) is 9.62. The standard InChI is InChI=1S/C20H28N2O3/c1-2-24-18-14-17(20(18)11-7-13-25-20)21-19(23)16-10-6-12-22(16)15-8-4-3-5-9-15/h3-5,8-9,16-18H,2,6-7,10-14H2,1H3,(H,21,23). The van der Waals surface area contributed by atoms with E-state index in [1.54, 1.807) is 0 Å².